The summed E-state index contributed by atoms with van der Waals surface area (Å²) < 4.78 is 12.5. The van der Waals surface area contributed by atoms with E-state index in [0.29, 0.717) is 17.4 Å². The van der Waals surface area contributed by atoms with Crippen molar-refractivity contribution in [3.05, 3.63) is 29.1 Å². The summed E-state index contributed by atoms with van der Waals surface area (Å²) in [5.41, 5.74) is 0.900. The van der Waals surface area contributed by atoms with Crippen LogP contribution in [-0.2, 0) is 6.67 Å². The Morgan fingerprint density at radius 3 is 2.60 bits per heavy atom. The smallest absolute Gasteiger partial charge is 0.288 e. The molecule has 0 bridgehead atoms. The molecular weight excluding hydrogens is 274 g/mol. The van der Waals surface area contributed by atoms with E-state index in [2.05, 4.69) is 10.00 Å². The third-order valence-electron chi connectivity index (χ3n) is 3.48. The molecule has 106 valence electrons. The van der Waals surface area contributed by atoms with E-state index in [4.69, 9.17) is 21.4 Å². The Hall–Kier alpha value is -1.66. The fraction of sp³-hybridized carbons (Fsp3) is 0.429. The van der Waals surface area contributed by atoms with Crippen molar-refractivity contribution in [2.75, 3.05) is 20.2 Å². The Labute approximate surface area is 122 Å². The molecule has 1 aliphatic heterocycles. The van der Waals surface area contributed by atoms with Gasteiger partial charge in [0.25, 0.3) is 4.84 Å². The zero-order chi connectivity index (χ0) is 13.9. The molecular formula is C14H17N3O2S. The molecule has 1 fully saturated rings. The number of benzene rings is 1. The van der Waals surface area contributed by atoms with Crippen molar-refractivity contribution in [2.24, 2.45) is 0 Å². The second kappa shape index (κ2) is 5.76. The number of nitrogens with zero attached hydrogens (tertiary/aromatic N) is 3. The zero-order valence-corrected chi connectivity index (χ0v) is 12.2. The molecule has 1 aromatic carbocycles. The van der Waals surface area contributed by atoms with Gasteiger partial charge in [-0.15, -0.1) is 5.10 Å². The van der Waals surface area contributed by atoms with Crippen molar-refractivity contribution in [1.82, 2.24) is 14.7 Å². The maximum absolute atomic E-state index is 5.58. The van der Waals surface area contributed by atoms with Gasteiger partial charge in [0.05, 0.1) is 13.8 Å². The van der Waals surface area contributed by atoms with E-state index in [-0.39, 0.29) is 0 Å². The quantitative estimate of drug-likeness (QED) is 0.810. The van der Waals surface area contributed by atoms with Crippen LogP contribution in [0.25, 0.3) is 11.5 Å². The minimum atomic E-state index is 0.419. The van der Waals surface area contributed by atoms with Crippen molar-refractivity contribution in [3.8, 4) is 17.2 Å². The number of hydrogen-bond donors (Lipinski definition) is 0. The van der Waals surface area contributed by atoms with Crippen LogP contribution in [-0.4, -0.2) is 34.9 Å². The first-order chi connectivity index (χ1) is 9.76. The number of rotatable bonds is 4. The van der Waals surface area contributed by atoms with Gasteiger partial charge < -0.3 is 9.15 Å². The standard InChI is InChI=1S/C14H17N3O2S/c1-18-12-6-4-11(5-7-12)13-15-17(14(20)19-13)10-16-8-2-3-9-16/h4-7H,2-3,8-10H2,1H3. The zero-order valence-electron chi connectivity index (χ0n) is 11.4. The van der Waals surface area contributed by atoms with Gasteiger partial charge in [0.15, 0.2) is 0 Å². The predicted molar refractivity (Wildman–Crippen MR) is 78.1 cm³/mol. The molecule has 1 aliphatic rings. The van der Waals surface area contributed by atoms with Crippen LogP contribution in [0.2, 0.25) is 0 Å². The van der Waals surface area contributed by atoms with Crippen LogP contribution in [0.1, 0.15) is 12.8 Å². The molecule has 0 N–H and O–H groups in total. The first-order valence-electron chi connectivity index (χ1n) is 6.71. The number of aromatic nitrogens is 2. The molecule has 2 heterocycles. The predicted octanol–water partition coefficient (Wildman–Crippen LogP) is 2.93. The first kappa shape index (κ1) is 13.3. The van der Waals surface area contributed by atoms with Crippen LogP contribution in [0, 0.1) is 4.84 Å². The van der Waals surface area contributed by atoms with Crippen LogP contribution >= 0.6 is 12.2 Å². The van der Waals surface area contributed by atoms with Gasteiger partial charge in [0.2, 0.25) is 5.89 Å². The molecule has 1 saturated heterocycles. The molecule has 1 aromatic heterocycles. The van der Waals surface area contributed by atoms with E-state index in [0.717, 1.165) is 24.4 Å². The van der Waals surface area contributed by atoms with Gasteiger partial charge in [0.1, 0.15) is 5.75 Å². The lowest BCUT2D eigenvalue weighted by Crippen LogP contribution is -2.23. The fourth-order valence-corrected chi connectivity index (χ4v) is 2.54. The third kappa shape index (κ3) is 2.76. The van der Waals surface area contributed by atoms with Crippen LogP contribution in [0.15, 0.2) is 28.7 Å². The summed E-state index contributed by atoms with van der Waals surface area (Å²) >= 11 is 5.24. The highest BCUT2D eigenvalue weighted by Crippen LogP contribution is 2.21. The second-order valence-electron chi connectivity index (χ2n) is 4.87. The van der Waals surface area contributed by atoms with Gasteiger partial charge in [-0.05, 0) is 62.4 Å². The molecule has 0 saturated carbocycles. The Kier molecular flexibility index (Phi) is 3.84. The largest absolute Gasteiger partial charge is 0.497 e. The second-order valence-corrected chi connectivity index (χ2v) is 5.22. The van der Waals surface area contributed by atoms with Crippen molar-refractivity contribution in [3.63, 3.8) is 0 Å². The summed E-state index contributed by atoms with van der Waals surface area (Å²) in [4.78, 5) is 2.75. The average molecular weight is 291 g/mol. The maximum atomic E-state index is 5.58. The maximum Gasteiger partial charge on any atom is 0.288 e. The molecule has 5 nitrogen and oxygen atoms in total. The number of ether oxygens (including phenoxy) is 1. The normalized spacial score (nSPS) is 15.7. The summed E-state index contributed by atoms with van der Waals surface area (Å²) in [5, 5.41) is 4.46. The molecule has 0 spiro atoms. The molecule has 0 unspecified atom stereocenters. The van der Waals surface area contributed by atoms with E-state index in [1.807, 2.05) is 24.3 Å². The Morgan fingerprint density at radius 2 is 1.95 bits per heavy atom. The van der Waals surface area contributed by atoms with Crippen molar-refractivity contribution >= 4 is 12.2 Å². The van der Waals surface area contributed by atoms with E-state index in [1.165, 1.54) is 12.8 Å². The van der Waals surface area contributed by atoms with Crippen LogP contribution in [0.3, 0.4) is 0 Å². The lowest BCUT2D eigenvalue weighted by atomic mass is 10.2. The minimum absolute atomic E-state index is 0.419. The molecule has 2 aromatic rings. The van der Waals surface area contributed by atoms with Gasteiger partial charge >= 0.3 is 0 Å². The lowest BCUT2D eigenvalue weighted by molar-refractivity contribution is 0.249. The summed E-state index contributed by atoms with van der Waals surface area (Å²) in [6.07, 6.45) is 2.49. The Bertz CT molecular complexity index is 627. The Balaban J connectivity index is 1.81. The lowest BCUT2D eigenvalue weighted by Gasteiger charge is -2.12. The highest BCUT2D eigenvalue weighted by Gasteiger charge is 2.15. The summed E-state index contributed by atoms with van der Waals surface area (Å²) in [6.45, 7) is 2.91. The van der Waals surface area contributed by atoms with E-state index in [9.17, 15) is 0 Å². The van der Waals surface area contributed by atoms with Crippen LogP contribution in [0.4, 0.5) is 0 Å². The number of likely N-dealkylation sites (tertiary alicyclic amines) is 1. The highest BCUT2D eigenvalue weighted by atomic mass is 32.1. The van der Waals surface area contributed by atoms with Gasteiger partial charge in [-0.1, -0.05) is 0 Å². The molecule has 0 radical (unpaired) electrons. The molecule has 0 aliphatic carbocycles. The molecule has 0 amide bonds. The molecule has 6 heteroatoms. The van der Waals surface area contributed by atoms with Crippen LogP contribution in [0.5, 0.6) is 5.75 Å². The van der Waals surface area contributed by atoms with E-state index < -0.39 is 0 Å². The van der Waals surface area contributed by atoms with Crippen LogP contribution < -0.4 is 4.74 Å². The fourth-order valence-electron chi connectivity index (χ4n) is 2.36. The molecule has 0 atom stereocenters. The minimum Gasteiger partial charge on any atom is -0.497 e. The van der Waals surface area contributed by atoms with Gasteiger partial charge in [-0.25, -0.2) is 4.68 Å². The van der Waals surface area contributed by atoms with Crippen molar-refractivity contribution in [1.29, 1.82) is 0 Å². The molecule has 3 rings (SSSR count). The monoisotopic (exact) mass is 291 g/mol. The van der Waals surface area contributed by atoms with E-state index in [1.54, 1.807) is 11.8 Å². The first-order valence-corrected chi connectivity index (χ1v) is 7.12. The highest BCUT2D eigenvalue weighted by molar-refractivity contribution is 7.71. The van der Waals surface area contributed by atoms with Crippen molar-refractivity contribution < 1.29 is 9.15 Å². The van der Waals surface area contributed by atoms with E-state index >= 15 is 0 Å². The number of methoxy groups -OCH3 is 1. The van der Waals surface area contributed by atoms with Gasteiger partial charge in [-0.3, -0.25) is 4.90 Å². The van der Waals surface area contributed by atoms with Crippen molar-refractivity contribution in [2.45, 2.75) is 19.5 Å². The van der Waals surface area contributed by atoms with Gasteiger partial charge in [0, 0.05) is 5.56 Å². The average Bonchev–Trinajstić information content (AvgIpc) is 3.10. The summed E-state index contributed by atoms with van der Waals surface area (Å²) in [6, 6.07) is 7.60. The summed E-state index contributed by atoms with van der Waals surface area (Å²) in [7, 11) is 1.64. The number of hydrogen-bond acceptors (Lipinski definition) is 5. The molecule has 20 heavy (non-hydrogen) atoms. The van der Waals surface area contributed by atoms with Gasteiger partial charge in [-0.2, -0.15) is 0 Å². The third-order valence-corrected chi connectivity index (χ3v) is 3.77. The Morgan fingerprint density at radius 1 is 1.25 bits per heavy atom. The summed E-state index contributed by atoms with van der Waals surface area (Å²) in [5.74, 6) is 1.36. The SMILES string of the molecule is COc1ccc(-c2nn(CN3CCCC3)c(=S)o2)cc1. The topological polar surface area (TPSA) is 43.4 Å².